The molecule has 41 heavy (non-hydrogen) atoms. The molecule has 0 aliphatic heterocycles. The fraction of sp³-hybridized carbons (Fsp3) is 0.0769. The van der Waals surface area contributed by atoms with E-state index in [9.17, 15) is 0 Å². The predicted octanol–water partition coefficient (Wildman–Crippen LogP) is 11.0. The van der Waals surface area contributed by atoms with Crippen molar-refractivity contribution < 1.29 is 4.42 Å². The van der Waals surface area contributed by atoms with Crippen LogP contribution in [-0.4, -0.2) is 0 Å². The van der Waals surface area contributed by atoms with Crippen molar-refractivity contribution in [1.82, 2.24) is 0 Å². The van der Waals surface area contributed by atoms with Crippen LogP contribution < -0.4 is 4.90 Å². The summed E-state index contributed by atoms with van der Waals surface area (Å²) in [5.41, 5.74) is 12.8. The molecule has 0 spiro atoms. The molecule has 1 aromatic heterocycles. The Morgan fingerprint density at radius 1 is 0.488 bits per heavy atom. The van der Waals surface area contributed by atoms with Crippen molar-refractivity contribution in [1.29, 1.82) is 0 Å². The third kappa shape index (κ3) is 3.50. The molecule has 1 heterocycles. The smallest absolute Gasteiger partial charge is 0.159 e. The first kappa shape index (κ1) is 23.8. The maximum absolute atomic E-state index is 6.56. The first-order valence-corrected chi connectivity index (χ1v) is 14.2. The molecule has 0 saturated heterocycles. The number of benzene rings is 6. The fourth-order valence-electron chi connectivity index (χ4n) is 6.77. The molecule has 2 nitrogen and oxygen atoms in total. The summed E-state index contributed by atoms with van der Waals surface area (Å²) >= 11 is 0. The Balaban J connectivity index is 1.42. The number of nitrogens with zero attached hydrogens (tertiary/aromatic N) is 1. The van der Waals surface area contributed by atoms with Gasteiger partial charge in [-0.15, -0.1) is 0 Å². The van der Waals surface area contributed by atoms with E-state index >= 15 is 0 Å². The molecule has 0 amide bonds. The average Bonchev–Trinajstić information content (AvgIpc) is 3.52. The third-order valence-electron chi connectivity index (χ3n) is 8.68. The molecule has 0 unspecified atom stereocenters. The second-order valence-electron chi connectivity index (χ2n) is 11.3. The summed E-state index contributed by atoms with van der Waals surface area (Å²) in [5.74, 6) is 0. The number of hydrogen-bond acceptors (Lipinski definition) is 2. The lowest BCUT2D eigenvalue weighted by Gasteiger charge is -2.28. The Labute approximate surface area is 240 Å². The molecule has 0 N–H and O–H groups in total. The molecular formula is C39H29NO. The molecule has 6 aromatic carbocycles. The van der Waals surface area contributed by atoms with Gasteiger partial charge < -0.3 is 9.32 Å². The SMILES string of the molecule is CC1(C)c2ccccc2-c2c(-c3ccccc3N(c3ccccc3)c3cccc4c3oc3ccccc34)cccc21. The van der Waals surface area contributed by atoms with Crippen molar-refractivity contribution in [2.24, 2.45) is 0 Å². The van der Waals surface area contributed by atoms with Crippen LogP contribution in [0.2, 0.25) is 0 Å². The zero-order valence-electron chi connectivity index (χ0n) is 23.1. The lowest BCUT2D eigenvalue weighted by molar-refractivity contribution is 0.660. The molecular weight excluding hydrogens is 498 g/mol. The highest BCUT2D eigenvalue weighted by Gasteiger charge is 2.37. The Hall–Kier alpha value is -5.08. The maximum atomic E-state index is 6.56. The summed E-state index contributed by atoms with van der Waals surface area (Å²) in [6.07, 6.45) is 0. The normalized spacial score (nSPS) is 13.3. The molecule has 0 atom stereocenters. The van der Waals surface area contributed by atoms with E-state index in [4.69, 9.17) is 4.42 Å². The van der Waals surface area contributed by atoms with Gasteiger partial charge in [-0.25, -0.2) is 0 Å². The highest BCUT2D eigenvalue weighted by molar-refractivity contribution is 6.11. The zero-order chi connectivity index (χ0) is 27.6. The van der Waals surface area contributed by atoms with E-state index in [1.165, 1.54) is 33.4 Å². The van der Waals surface area contributed by atoms with Gasteiger partial charge in [0.15, 0.2) is 5.58 Å². The minimum atomic E-state index is -0.0597. The third-order valence-corrected chi connectivity index (χ3v) is 8.68. The van der Waals surface area contributed by atoms with Crippen molar-refractivity contribution in [3.05, 3.63) is 151 Å². The van der Waals surface area contributed by atoms with Crippen molar-refractivity contribution in [2.45, 2.75) is 19.3 Å². The number of fused-ring (bicyclic) bond motifs is 6. The molecule has 2 heteroatoms. The predicted molar refractivity (Wildman–Crippen MR) is 171 cm³/mol. The van der Waals surface area contributed by atoms with Crippen molar-refractivity contribution in [2.75, 3.05) is 4.90 Å². The number of anilines is 3. The van der Waals surface area contributed by atoms with Gasteiger partial charge in [-0.2, -0.15) is 0 Å². The van der Waals surface area contributed by atoms with E-state index < -0.39 is 0 Å². The van der Waals surface area contributed by atoms with E-state index in [1.807, 2.05) is 12.1 Å². The quantitative estimate of drug-likeness (QED) is 0.226. The molecule has 0 bridgehead atoms. The Bertz CT molecular complexity index is 2080. The highest BCUT2D eigenvalue weighted by Crippen LogP contribution is 2.54. The van der Waals surface area contributed by atoms with Gasteiger partial charge in [0.05, 0.1) is 11.4 Å². The molecule has 8 rings (SSSR count). The topological polar surface area (TPSA) is 16.4 Å². The molecule has 196 valence electrons. The number of rotatable bonds is 4. The molecule has 0 radical (unpaired) electrons. The Kier molecular flexibility index (Phi) is 5.20. The first-order chi connectivity index (χ1) is 20.1. The Morgan fingerprint density at radius 3 is 1.98 bits per heavy atom. The van der Waals surface area contributed by atoms with Crippen molar-refractivity contribution in [3.63, 3.8) is 0 Å². The monoisotopic (exact) mass is 527 g/mol. The molecule has 1 aliphatic rings. The van der Waals surface area contributed by atoms with E-state index in [0.29, 0.717) is 0 Å². The average molecular weight is 528 g/mol. The second-order valence-corrected chi connectivity index (χ2v) is 11.3. The van der Waals surface area contributed by atoms with E-state index in [-0.39, 0.29) is 5.41 Å². The van der Waals surface area contributed by atoms with E-state index in [1.54, 1.807) is 0 Å². The molecule has 7 aromatic rings. The summed E-state index contributed by atoms with van der Waals surface area (Å²) in [7, 11) is 0. The van der Waals surface area contributed by atoms with Crippen LogP contribution in [0.25, 0.3) is 44.2 Å². The standard InChI is InChI=1S/C39H29NO/c1-39(2)32-21-9-6-18-31(32)37-29(19-12-22-33(37)39)27-16-7-10-23-34(27)40(26-14-4-3-5-15-26)35-24-13-20-30-28-17-8-11-25-36(28)41-38(30)35/h3-25H,1-2H3. The van der Waals surface area contributed by atoms with Crippen LogP contribution in [0.5, 0.6) is 0 Å². The van der Waals surface area contributed by atoms with Crippen LogP contribution in [0, 0.1) is 0 Å². The fourth-order valence-corrected chi connectivity index (χ4v) is 6.77. The van der Waals surface area contributed by atoms with Gasteiger partial charge >= 0.3 is 0 Å². The van der Waals surface area contributed by atoms with Crippen LogP contribution in [0.1, 0.15) is 25.0 Å². The molecule has 1 aliphatic carbocycles. The summed E-state index contributed by atoms with van der Waals surface area (Å²) in [5, 5.41) is 2.25. The van der Waals surface area contributed by atoms with Gasteiger partial charge in [0.1, 0.15) is 5.58 Å². The summed E-state index contributed by atoms with van der Waals surface area (Å²) < 4.78 is 6.56. The van der Waals surface area contributed by atoms with Crippen LogP contribution in [0.15, 0.2) is 144 Å². The van der Waals surface area contributed by atoms with Crippen LogP contribution in [-0.2, 0) is 5.41 Å². The number of para-hydroxylation sites is 4. The number of hydrogen-bond donors (Lipinski definition) is 0. The zero-order valence-corrected chi connectivity index (χ0v) is 23.1. The van der Waals surface area contributed by atoms with Gasteiger partial charge in [0.2, 0.25) is 0 Å². The van der Waals surface area contributed by atoms with Crippen molar-refractivity contribution >= 4 is 39.0 Å². The van der Waals surface area contributed by atoms with Gasteiger partial charge in [0.25, 0.3) is 0 Å². The maximum Gasteiger partial charge on any atom is 0.159 e. The molecule has 0 fully saturated rings. The lowest BCUT2D eigenvalue weighted by atomic mass is 9.82. The van der Waals surface area contributed by atoms with E-state index in [2.05, 4.69) is 146 Å². The van der Waals surface area contributed by atoms with Gasteiger partial charge in [-0.3, -0.25) is 0 Å². The van der Waals surface area contributed by atoms with Crippen LogP contribution in [0.3, 0.4) is 0 Å². The lowest BCUT2D eigenvalue weighted by Crippen LogP contribution is -2.14. The largest absolute Gasteiger partial charge is 0.454 e. The first-order valence-electron chi connectivity index (χ1n) is 14.2. The van der Waals surface area contributed by atoms with Crippen LogP contribution >= 0.6 is 0 Å². The van der Waals surface area contributed by atoms with Gasteiger partial charge in [-0.05, 0) is 58.1 Å². The summed E-state index contributed by atoms with van der Waals surface area (Å²) in [6, 6.07) is 49.8. The second kappa shape index (κ2) is 8.97. The highest BCUT2D eigenvalue weighted by atomic mass is 16.3. The van der Waals surface area contributed by atoms with Crippen molar-refractivity contribution in [3.8, 4) is 22.3 Å². The molecule has 0 saturated carbocycles. The Morgan fingerprint density at radius 2 is 1.10 bits per heavy atom. The van der Waals surface area contributed by atoms with Crippen LogP contribution in [0.4, 0.5) is 17.1 Å². The summed E-state index contributed by atoms with van der Waals surface area (Å²) in [6.45, 7) is 4.68. The minimum Gasteiger partial charge on any atom is -0.454 e. The number of furan rings is 1. The summed E-state index contributed by atoms with van der Waals surface area (Å²) in [4.78, 5) is 2.35. The minimum absolute atomic E-state index is 0.0597. The van der Waals surface area contributed by atoms with Gasteiger partial charge in [0, 0.05) is 27.4 Å². The van der Waals surface area contributed by atoms with Gasteiger partial charge in [-0.1, -0.05) is 123 Å². The van der Waals surface area contributed by atoms with E-state index in [0.717, 1.165) is 39.0 Å².